The third kappa shape index (κ3) is 2.62. The van der Waals surface area contributed by atoms with Gasteiger partial charge in [0.2, 0.25) is 0 Å². The Hall–Kier alpha value is -1.65. The van der Waals surface area contributed by atoms with Gasteiger partial charge in [-0.05, 0) is 31.1 Å². The van der Waals surface area contributed by atoms with Crippen LogP contribution in [0.25, 0.3) is 0 Å². The molecule has 1 spiro atoms. The summed E-state index contributed by atoms with van der Waals surface area (Å²) in [6, 6.07) is 0. The Balaban J connectivity index is 1.64. The van der Waals surface area contributed by atoms with Gasteiger partial charge in [-0.3, -0.25) is 9.78 Å². The molecule has 1 saturated heterocycles. The van der Waals surface area contributed by atoms with E-state index in [1.165, 1.54) is 44.5 Å². The fourth-order valence-electron chi connectivity index (χ4n) is 3.63. The lowest BCUT2D eigenvalue weighted by Crippen LogP contribution is -2.44. The van der Waals surface area contributed by atoms with Crippen LogP contribution in [0.4, 0.5) is 5.82 Å². The summed E-state index contributed by atoms with van der Waals surface area (Å²) in [4.78, 5) is 22.3. The number of piperidine rings is 1. The van der Waals surface area contributed by atoms with Crippen molar-refractivity contribution in [3.63, 3.8) is 0 Å². The summed E-state index contributed by atoms with van der Waals surface area (Å²) in [5.41, 5.74) is 6.47. The molecule has 1 amide bonds. The second-order valence-corrected chi connectivity index (χ2v) is 6.18. The number of likely N-dealkylation sites (tertiary alicyclic amines) is 1. The van der Waals surface area contributed by atoms with Crippen LogP contribution in [-0.4, -0.2) is 33.9 Å². The highest BCUT2D eigenvalue weighted by Gasteiger charge is 2.36. The smallest absolute Gasteiger partial charge is 0.274 e. The van der Waals surface area contributed by atoms with Crippen LogP contribution < -0.4 is 5.73 Å². The summed E-state index contributed by atoms with van der Waals surface area (Å²) in [5.74, 6) is 0.270. The lowest BCUT2D eigenvalue weighted by Gasteiger charge is -2.44. The highest BCUT2D eigenvalue weighted by Crippen LogP contribution is 2.44. The minimum atomic E-state index is -0.0320. The van der Waals surface area contributed by atoms with Crippen molar-refractivity contribution < 1.29 is 4.79 Å². The van der Waals surface area contributed by atoms with Gasteiger partial charge in [0.25, 0.3) is 5.91 Å². The molecule has 0 radical (unpaired) electrons. The average Bonchev–Trinajstić information content (AvgIpc) is 2.48. The zero-order valence-corrected chi connectivity index (χ0v) is 11.8. The number of anilines is 1. The van der Waals surface area contributed by atoms with Gasteiger partial charge < -0.3 is 10.6 Å². The number of carbonyl (C=O) groups excluding carboxylic acids is 1. The van der Waals surface area contributed by atoms with Crippen LogP contribution in [-0.2, 0) is 0 Å². The topological polar surface area (TPSA) is 72.1 Å². The van der Waals surface area contributed by atoms with Crippen LogP contribution >= 0.6 is 0 Å². The van der Waals surface area contributed by atoms with E-state index in [-0.39, 0.29) is 5.91 Å². The second-order valence-electron chi connectivity index (χ2n) is 6.18. The molecule has 20 heavy (non-hydrogen) atoms. The van der Waals surface area contributed by atoms with Gasteiger partial charge in [-0.2, -0.15) is 0 Å². The Bertz CT molecular complexity index is 486. The molecule has 1 aliphatic carbocycles. The van der Waals surface area contributed by atoms with E-state index in [1.54, 1.807) is 0 Å². The molecule has 108 valence electrons. The first kappa shape index (κ1) is 13.3. The maximum Gasteiger partial charge on any atom is 0.274 e. The van der Waals surface area contributed by atoms with Gasteiger partial charge in [0, 0.05) is 13.1 Å². The van der Waals surface area contributed by atoms with E-state index in [2.05, 4.69) is 9.97 Å². The number of hydrogen-bond donors (Lipinski definition) is 1. The molecule has 1 aliphatic heterocycles. The van der Waals surface area contributed by atoms with Crippen molar-refractivity contribution in [3.05, 3.63) is 18.1 Å². The Labute approximate surface area is 119 Å². The van der Waals surface area contributed by atoms with Gasteiger partial charge >= 0.3 is 0 Å². The molecule has 1 aromatic rings. The number of amides is 1. The summed E-state index contributed by atoms with van der Waals surface area (Å²) in [6.45, 7) is 1.69. The summed E-state index contributed by atoms with van der Waals surface area (Å²) in [6.07, 6.45) is 12.0. The van der Waals surface area contributed by atoms with Crippen molar-refractivity contribution in [3.8, 4) is 0 Å². The lowest BCUT2D eigenvalue weighted by molar-refractivity contribution is 0.0467. The van der Waals surface area contributed by atoms with Gasteiger partial charge in [-0.25, -0.2) is 4.98 Å². The van der Waals surface area contributed by atoms with Crippen LogP contribution in [0.15, 0.2) is 12.4 Å². The van der Waals surface area contributed by atoms with E-state index in [4.69, 9.17) is 5.73 Å². The van der Waals surface area contributed by atoms with E-state index in [9.17, 15) is 4.79 Å². The second kappa shape index (κ2) is 5.38. The molecule has 3 rings (SSSR count). The van der Waals surface area contributed by atoms with Crippen molar-refractivity contribution in [1.29, 1.82) is 0 Å². The Morgan fingerprint density at radius 2 is 1.80 bits per heavy atom. The molecule has 1 aromatic heterocycles. The van der Waals surface area contributed by atoms with E-state index >= 15 is 0 Å². The molecule has 0 bridgehead atoms. The predicted octanol–water partition coefficient (Wildman–Crippen LogP) is 2.25. The van der Waals surface area contributed by atoms with Gasteiger partial charge in [0.1, 0.15) is 11.5 Å². The van der Waals surface area contributed by atoms with Crippen molar-refractivity contribution in [1.82, 2.24) is 14.9 Å². The van der Waals surface area contributed by atoms with Crippen LogP contribution in [0.3, 0.4) is 0 Å². The third-order valence-electron chi connectivity index (χ3n) is 4.90. The number of nitrogens with zero attached hydrogens (tertiary/aromatic N) is 3. The third-order valence-corrected chi connectivity index (χ3v) is 4.90. The van der Waals surface area contributed by atoms with E-state index in [1.807, 2.05) is 4.90 Å². The normalized spacial score (nSPS) is 21.9. The summed E-state index contributed by atoms with van der Waals surface area (Å²) in [5, 5.41) is 0. The van der Waals surface area contributed by atoms with Crippen molar-refractivity contribution in [2.45, 2.75) is 44.9 Å². The Morgan fingerprint density at radius 1 is 1.10 bits per heavy atom. The molecule has 2 fully saturated rings. The van der Waals surface area contributed by atoms with Gasteiger partial charge in [0.05, 0.1) is 12.4 Å². The molecule has 2 heterocycles. The SMILES string of the molecule is Nc1cncc(C(=O)N2CCC3(CCCCC3)CC2)n1. The molecular weight excluding hydrogens is 252 g/mol. The van der Waals surface area contributed by atoms with Crippen molar-refractivity contribution in [2.24, 2.45) is 5.41 Å². The van der Waals surface area contributed by atoms with Crippen molar-refractivity contribution in [2.75, 3.05) is 18.8 Å². The number of hydrogen-bond acceptors (Lipinski definition) is 4. The molecule has 2 N–H and O–H groups in total. The Kier molecular flexibility index (Phi) is 3.59. The van der Waals surface area contributed by atoms with Crippen LogP contribution in [0, 0.1) is 5.41 Å². The minimum absolute atomic E-state index is 0.0320. The monoisotopic (exact) mass is 274 g/mol. The molecular formula is C15H22N4O. The number of nitrogens with two attached hydrogens (primary N) is 1. The molecule has 0 atom stereocenters. The molecule has 5 heteroatoms. The first-order valence-electron chi connectivity index (χ1n) is 7.55. The molecule has 5 nitrogen and oxygen atoms in total. The first-order valence-corrected chi connectivity index (χ1v) is 7.55. The van der Waals surface area contributed by atoms with Crippen LogP contribution in [0.2, 0.25) is 0 Å². The number of aromatic nitrogens is 2. The van der Waals surface area contributed by atoms with Gasteiger partial charge in [0.15, 0.2) is 0 Å². The van der Waals surface area contributed by atoms with E-state index in [0.29, 0.717) is 16.9 Å². The Morgan fingerprint density at radius 3 is 2.45 bits per heavy atom. The largest absolute Gasteiger partial charge is 0.382 e. The first-order chi connectivity index (χ1) is 9.69. The summed E-state index contributed by atoms with van der Waals surface area (Å²) >= 11 is 0. The quantitative estimate of drug-likeness (QED) is 0.852. The maximum atomic E-state index is 12.4. The van der Waals surface area contributed by atoms with Crippen LogP contribution in [0.1, 0.15) is 55.4 Å². The summed E-state index contributed by atoms with van der Waals surface area (Å²) in [7, 11) is 0. The average molecular weight is 274 g/mol. The van der Waals surface area contributed by atoms with Gasteiger partial charge in [-0.15, -0.1) is 0 Å². The van der Waals surface area contributed by atoms with Crippen molar-refractivity contribution >= 4 is 11.7 Å². The van der Waals surface area contributed by atoms with E-state index < -0.39 is 0 Å². The number of carbonyl (C=O) groups is 1. The zero-order valence-electron chi connectivity index (χ0n) is 11.8. The predicted molar refractivity (Wildman–Crippen MR) is 77.1 cm³/mol. The van der Waals surface area contributed by atoms with E-state index in [0.717, 1.165) is 25.9 Å². The fraction of sp³-hybridized carbons (Fsp3) is 0.667. The number of nitrogen functional groups attached to an aromatic ring is 1. The number of rotatable bonds is 1. The molecule has 0 aromatic carbocycles. The zero-order chi connectivity index (χ0) is 14.0. The fourth-order valence-corrected chi connectivity index (χ4v) is 3.63. The highest BCUT2D eigenvalue weighted by molar-refractivity contribution is 5.92. The van der Waals surface area contributed by atoms with Crippen LogP contribution in [0.5, 0.6) is 0 Å². The molecule has 2 aliphatic rings. The molecule has 0 unspecified atom stereocenters. The van der Waals surface area contributed by atoms with Gasteiger partial charge in [-0.1, -0.05) is 19.3 Å². The lowest BCUT2D eigenvalue weighted by atomic mass is 9.68. The highest BCUT2D eigenvalue weighted by atomic mass is 16.2. The maximum absolute atomic E-state index is 12.4. The standard InChI is InChI=1S/C15H22N4O/c16-13-11-17-10-12(18-13)14(20)19-8-6-15(7-9-19)4-2-1-3-5-15/h10-11H,1-9H2,(H2,16,18). The minimum Gasteiger partial charge on any atom is -0.382 e. The molecule has 1 saturated carbocycles. The summed E-state index contributed by atoms with van der Waals surface area (Å²) < 4.78 is 0.